The van der Waals surface area contributed by atoms with Gasteiger partial charge in [0.2, 0.25) is 0 Å². The lowest BCUT2D eigenvalue weighted by Gasteiger charge is -2.33. The minimum absolute atomic E-state index is 0.0498. The number of Topliss-reactive ketones (excluding diaryl/α,β-unsaturated/α-hetero) is 1. The van der Waals surface area contributed by atoms with Crippen LogP contribution in [0.3, 0.4) is 0 Å². The number of hydrogen-bond donors (Lipinski definition) is 0. The third-order valence-electron chi connectivity index (χ3n) is 4.47. The molecule has 2 unspecified atom stereocenters. The fraction of sp³-hybridized carbons (Fsp3) is 0.500. The van der Waals surface area contributed by atoms with E-state index in [2.05, 4.69) is 12.1 Å². The molecule has 3 nitrogen and oxygen atoms in total. The summed E-state index contributed by atoms with van der Waals surface area (Å²) >= 11 is 0. The van der Waals surface area contributed by atoms with Gasteiger partial charge in [0.05, 0.1) is 0 Å². The Hall–Kier alpha value is -1.64. The van der Waals surface area contributed by atoms with E-state index in [1.54, 1.807) is 0 Å². The predicted octanol–water partition coefficient (Wildman–Crippen LogP) is 2.70. The van der Waals surface area contributed by atoms with Gasteiger partial charge in [-0.1, -0.05) is 36.8 Å². The van der Waals surface area contributed by atoms with Crippen LogP contribution in [-0.2, 0) is 14.3 Å². The predicted molar refractivity (Wildman–Crippen MR) is 70.6 cm³/mol. The van der Waals surface area contributed by atoms with Crippen LogP contribution in [0, 0.1) is 11.8 Å². The molecular weight excluding hydrogens is 240 g/mol. The van der Waals surface area contributed by atoms with Gasteiger partial charge < -0.3 is 4.74 Å². The number of fused-ring (bicyclic) bond motifs is 1. The van der Waals surface area contributed by atoms with Crippen molar-refractivity contribution >= 4 is 11.8 Å². The third-order valence-corrected chi connectivity index (χ3v) is 4.47. The number of rotatable bonds is 2. The minimum Gasteiger partial charge on any atom is -0.461 e. The number of ketones is 1. The van der Waals surface area contributed by atoms with Gasteiger partial charge in [0.1, 0.15) is 17.8 Å². The first kappa shape index (κ1) is 12.4. The summed E-state index contributed by atoms with van der Waals surface area (Å²) in [6.45, 7) is 1.50. The van der Waals surface area contributed by atoms with E-state index in [1.165, 1.54) is 12.5 Å². The van der Waals surface area contributed by atoms with Gasteiger partial charge in [-0.05, 0) is 25.3 Å². The van der Waals surface area contributed by atoms with Crippen molar-refractivity contribution in [1.82, 2.24) is 0 Å². The van der Waals surface area contributed by atoms with Crippen LogP contribution < -0.4 is 0 Å². The minimum atomic E-state index is -0.531. The van der Waals surface area contributed by atoms with Crippen LogP contribution in [0.2, 0.25) is 0 Å². The molecule has 4 atom stereocenters. The molecule has 2 fully saturated rings. The largest absolute Gasteiger partial charge is 0.461 e. The van der Waals surface area contributed by atoms with E-state index in [1.807, 2.05) is 18.2 Å². The number of carbonyl (C=O) groups excluding carboxylic acids is 2. The SMILES string of the molecule is CC(=O)C1C(=O)O[C@@H]2C(c3ccccc3)CCC[C@H]12. The molecule has 1 aliphatic carbocycles. The summed E-state index contributed by atoms with van der Waals surface area (Å²) in [5.74, 6) is -0.578. The topological polar surface area (TPSA) is 43.4 Å². The van der Waals surface area contributed by atoms with Crippen LogP contribution in [0.1, 0.15) is 37.7 Å². The second-order valence-electron chi connectivity index (χ2n) is 5.60. The zero-order valence-electron chi connectivity index (χ0n) is 11.0. The van der Waals surface area contributed by atoms with Gasteiger partial charge in [0.15, 0.2) is 0 Å². The van der Waals surface area contributed by atoms with Crippen LogP contribution in [0.5, 0.6) is 0 Å². The fourth-order valence-electron chi connectivity index (χ4n) is 3.63. The smallest absolute Gasteiger partial charge is 0.317 e. The van der Waals surface area contributed by atoms with Crippen LogP contribution in [-0.4, -0.2) is 17.9 Å². The van der Waals surface area contributed by atoms with Crippen molar-refractivity contribution in [1.29, 1.82) is 0 Å². The number of esters is 1. The number of benzene rings is 1. The van der Waals surface area contributed by atoms with Crippen molar-refractivity contribution in [2.24, 2.45) is 11.8 Å². The Kier molecular flexibility index (Phi) is 3.13. The second kappa shape index (κ2) is 4.80. The highest BCUT2D eigenvalue weighted by atomic mass is 16.6. The van der Waals surface area contributed by atoms with E-state index < -0.39 is 5.92 Å². The molecule has 1 aromatic rings. The molecule has 0 spiro atoms. The summed E-state index contributed by atoms with van der Waals surface area (Å²) in [7, 11) is 0. The molecule has 0 amide bonds. The summed E-state index contributed by atoms with van der Waals surface area (Å²) in [4.78, 5) is 23.6. The zero-order chi connectivity index (χ0) is 13.4. The van der Waals surface area contributed by atoms with Crippen molar-refractivity contribution < 1.29 is 14.3 Å². The van der Waals surface area contributed by atoms with Crippen LogP contribution >= 0.6 is 0 Å². The lowest BCUT2D eigenvalue weighted by Crippen LogP contribution is -2.33. The molecule has 1 saturated carbocycles. The molecule has 0 bridgehead atoms. The van der Waals surface area contributed by atoms with Crippen molar-refractivity contribution in [3.63, 3.8) is 0 Å². The Labute approximate surface area is 113 Å². The van der Waals surface area contributed by atoms with Crippen molar-refractivity contribution in [3.05, 3.63) is 35.9 Å². The quantitative estimate of drug-likeness (QED) is 0.605. The molecule has 3 heteroatoms. The molecule has 0 radical (unpaired) electrons. The third kappa shape index (κ3) is 2.07. The Morgan fingerprint density at radius 3 is 2.63 bits per heavy atom. The van der Waals surface area contributed by atoms with E-state index in [0.717, 1.165) is 19.3 Å². The van der Waals surface area contributed by atoms with E-state index in [4.69, 9.17) is 4.74 Å². The van der Waals surface area contributed by atoms with Gasteiger partial charge in [0.25, 0.3) is 0 Å². The molecule has 0 N–H and O–H groups in total. The molecule has 0 aromatic heterocycles. The van der Waals surface area contributed by atoms with Gasteiger partial charge >= 0.3 is 5.97 Å². The van der Waals surface area contributed by atoms with E-state index in [0.29, 0.717) is 0 Å². The number of ether oxygens (including phenoxy) is 1. The molecule has 1 aliphatic heterocycles. The summed E-state index contributed by atoms with van der Waals surface area (Å²) < 4.78 is 5.55. The highest BCUT2D eigenvalue weighted by Gasteiger charge is 2.51. The first-order valence-corrected chi connectivity index (χ1v) is 6.94. The monoisotopic (exact) mass is 258 g/mol. The molecule has 3 rings (SSSR count). The second-order valence-corrected chi connectivity index (χ2v) is 5.60. The summed E-state index contributed by atoms with van der Waals surface area (Å²) in [6, 6.07) is 10.2. The zero-order valence-corrected chi connectivity index (χ0v) is 11.0. The molecule has 1 aromatic carbocycles. The maximum atomic E-state index is 11.9. The summed E-state index contributed by atoms with van der Waals surface area (Å²) in [5, 5.41) is 0. The number of hydrogen-bond acceptors (Lipinski definition) is 3. The average molecular weight is 258 g/mol. The first-order valence-electron chi connectivity index (χ1n) is 6.94. The standard InChI is InChI=1S/C16H18O3/c1-10(17)14-13-9-5-8-12(15(13)19-16(14)18)11-6-3-2-4-7-11/h2-4,6-7,12-15H,5,8-9H2,1H3/t12?,13-,14?,15-/m1/s1. The van der Waals surface area contributed by atoms with Gasteiger partial charge in [-0.2, -0.15) is 0 Å². The molecule has 19 heavy (non-hydrogen) atoms. The average Bonchev–Trinajstić information content (AvgIpc) is 2.75. The van der Waals surface area contributed by atoms with Crippen LogP contribution in [0.15, 0.2) is 30.3 Å². The Morgan fingerprint density at radius 1 is 1.21 bits per heavy atom. The molecule has 100 valence electrons. The molecule has 2 aliphatic rings. The number of carbonyl (C=O) groups is 2. The first-order chi connectivity index (χ1) is 9.18. The Balaban J connectivity index is 1.90. The summed E-state index contributed by atoms with van der Waals surface area (Å²) in [5.41, 5.74) is 1.22. The lowest BCUT2D eigenvalue weighted by atomic mass is 9.71. The van der Waals surface area contributed by atoms with Crippen molar-refractivity contribution in [2.75, 3.05) is 0 Å². The highest BCUT2D eigenvalue weighted by Crippen LogP contribution is 2.46. The van der Waals surface area contributed by atoms with Crippen molar-refractivity contribution in [2.45, 2.75) is 38.2 Å². The van der Waals surface area contributed by atoms with Gasteiger partial charge in [-0.3, -0.25) is 9.59 Å². The summed E-state index contributed by atoms with van der Waals surface area (Å²) in [6.07, 6.45) is 2.89. The van der Waals surface area contributed by atoms with Crippen LogP contribution in [0.25, 0.3) is 0 Å². The van der Waals surface area contributed by atoms with Crippen LogP contribution in [0.4, 0.5) is 0 Å². The Morgan fingerprint density at radius 2 is 1.95 bits per heavy atom. The molecule has 1 saturated heterocycles. The highest BCUT2D eigenvalue weighted by molar-refractivity contribution is 5.99. The van der Waals surface area contributed by atoms with Gasteiger partial charge in [-0.15, -0.1) is 0 Å². The van der Waals surface area contributed by atoms with E-state index in [-0.39, 0.29) is 29.7 Å². The maximum Gasteiger partial charge on any atom is 0.317 e. The lowest BCUT2D eigenvalue weighted by molar-refractivity contribution is -0.147. The van der Waals surface area contributed by atoms with E-state index >= 15 is 0 Å². The fourth-order valence-corrected chi connectivity index (χ4v) is 3.63. The normalized spacial score (nSPS) is 33.6. The molecular formula is C16H18O3. The van der Waals surface area contributed by atoms with Gasteiger partial charge in [0, 0.05) is 11.8 Å². The molecule has 1 heterocycles. The Bertz CT molecular complexity index is 494. The van der Waals surface area contributed by atoms with Crippen molar-refractivity contribution in [3.8, 4) is 0 Å². The maximum absolute atomic E-state index is 11.9. The van der Waals surface area contributed by atoms with Gasteiger partial charge in [-0.25, -0.2) is 0 Å². The van der Waals surface area contributed by atoms with E-state index in [9.17, 15) is 9.59 Å².